The monoisotopic (exact) mass is 444 g/mol. The number of aromatic nitrogens is 2. The average molecular weight is 445 g/mol. The minimum Gasteiger partial charge on any atom is -0.496 e. The summed E-state index contributed by atoms with van der Waals surface area (Å²) in [6, 6.07) is 19.3. The lowest BCUT2D eigenvalue weighted by atomic mass is 9.89. The van der Waals surface area contributed by atoms with E-state index in [9.17, 15) is 14.7 Å². The Kier molecular flexibility index (Phi) is 6.09. The molecule has 4 aromatic rings. The number of ether oxygens (including phenoxy) is 1. The molecule has 0 spiro atoms. The minimum absolute atomic E-state index is 0.0396. The molecule has 0 fully saturated rings. The maximum Gasteiger partial charge on any atom is 0.336 e. The van der Waals surface area contributed by atoms with Gasteiger partial charge in [0.1, 0.15) is 16.8 Å². The van der Waals surface area contributed by atoms with E-state index < -0.39 is 5.97 Å². The first-order valence-corrected chi connectivity index (χ1v) is 10.6. The van der Waals surface area contributed by atoms with E-state index in [4.69, 9.17) is 4.74 Å². The van der Waals surface area contributed by atoms with Crippen molar-refractivity contribution >= 4 is 40.1 Å². The highest BCUT2D eigenvalue weighted by Crippen LogP contribution is 2.29. The first-order valence-electron chi connectivity index (χ1n) is 9.90. The van der Waals surface area contributed by atoms with Gasteiger partial charge in [0.2, 0.25) is 0 Å². The van der Waals surface area contributed by atoms with E-state index in [-0.39, 0.29) is 23.4 Å². The van der Waals surface area contributed by atoms with Crippen molar-refractivity contribution in [1.29, 1.82) is 0 Å². The van der Waals surface area contributed by atoms with Gasteiger partial charge in [-0.15, -0.1) is 0 Å². The van der Waals surface area contributed by atoms with Crippen LogP contribution in [-0.4, -0.2) is 32.7 Å². The molecule has 1 aromatic heterocycles. The molecule has 0 bridgehead atoms. The molecule has 32 heavy (non-hydrogen) atoms. The molecule has 160 valence electrons. The fourth-order valence-electron chi connectivity index (χ4n) is 3.66. The Morgan fingerprint density at radius 1 is 0.938 bits per heavy atom. The molecule has 0 unspecified atom stereocenters. The van der Waals surface area contributed by atoms with Gasteiger partial charge < -0.3 is 9.84 Å². The van der Waals surface area contributed by atoms with E-state index >= 15 is 0 Å². The van der Waals surface area contributed by atoms with Crippen LogP contribution in [0.1, 0.15) is 27.0 Å². The zero-order valence-corrected chi connectivity index (χ0v) is 18.3. The van der Waals surface area contributed by atoms with Gasteiger partial charge in [-0.05, 0) is 41.8 Å². The number of carboxylic acids is 1. The molecule has 1 heterocycles. The molecular formula is C25H20N2O4S. The van der Waals surface area contributed by atoms with Crippen molar-refractivity contribution in [2.24, 2.45) is 0 Å². The Bertz CT molecular complexity index is 1340. The Morgan fingerprint density at radius 3 is 2.38 bits per heavy atom. The molecule has 0 aliphatic rings. The van der Waals surface area contributed by atoms with Gasteiger partial charge in [0.05, 0.1) is 24.4 Å². The number of nitrogens with zero attached hydrogens (tertiary/aromatic N) is 2. The topological polar surface area (TPSA) is 89.4 Å². The SMILES string of the molecule is COc1ccc(CC(C(=O)c2ccccc2)=C(C(=O)O)c2ccc3nsnc3c2)cc1C. The van der Waals surface area contributed by atoms with Gasteiger partial charge in [0, 0.05) is 17.6 Å². The van der Waals surface area contributed by atoms with E-state index in [1.54, 1.807) is 49.6 Å². The summed E-state index contributed by atoms with van der Waals surface area (Å²) in [5.74, 6) is -0.765. The van der Waals surface area contributed by atoms with Crippen LogP contribution < -0.4 is 4.74 Å². The zero-order chi connectivity index (χ0) is 22.7. The lowest BCUT2D eigenvalue weighted by Gasteiger charge is -2.14. The lowest BCUT2D eigenvalue weighted by Crippen LogP contribution is -2.14. The maximum atomic E-state index is 13.5. The molecular weight excluding hydrogens is 424 g/mol. The predicted octanol–water partition coefficient (Wildman–Crippen LogP) is 4.97. The summed E-state index contributed by atoms with van der Waals surface area (Å²) in [4.78, 5) is 26.0. The van der Waals surface area contributed by atoms with E-state index in [2.05, 4.69) is 8.75 Å². The van der Waals surface area contributed by atoms with Gasteiger partial charge in [-0.3, -0.25) is 4.79 Å². The molecule has 3 aromatic carbocycles. The van der Waals surface area contributed by atoms with Gasteiger partial charge >= 0.3 is 5.97 Å². The van der Waals surface area contributed by atoms with Crippen molar-refractivity contribution in [3.8, 4) is 5.75 Å². The number of fused-ring (bicyclic) bond motifs is 1. The number of carbonyl (C=O) groups excluding carboxylic acids is 1. The highest BCUT2D eigenvalue weighted by atomic mass is 32.1. The minimum atomic E-state index is -1.17. The number of ketones is 1. The van der Waals surface area contributed by atoms with Crippen LogP contribution in [0.3, 0.4) is 0 Å². The number of aryl methyl sites for hydroxylation is 1. The molecule has 4 rings (SSSR count). The van der Waals surface area contributed by atoms with Gasteiger partial charge in [-0.2, -0.15) is 8.75 Å². The van der Waals surface area contributed by atoms with Gasteiger partial charge in [-0.25, -0.2) is 4.79 Å². The number of allylic oxidation sites excluding steroid dienone is 1. The van der Waals surface area contributed by atoms with Gasteiger partial charge in [-0.1, -0.05) is 48.5 Å². The number of carbonyl (C=O) groups is 2. The Morgan fingerprint density at radius 2 is 1.69 bits per heavy atom. The van der Waals surface area contributed by atoms with E-state index in [1.165, 1.54) is 0 Å². The summed E-state index contributed by atoms with van der Waals surface area (Å²) in [6.45, 7) is 1.91. The van der Waals surface area contributed by atoms with Crippen LogP contribution in [0.2, 0.25) is 0 Å². The lowest BCUT2D eigenvalue weighted by molar-refractivity contribution is -0.130. The molecule has 0 radical (unpaired) electrons. The second-order valence-electron chi connectivity index (χ2n) is 7.30. The number of hydrogen-bond donors (Lipinski definition) is 1. The summed E-state index contributed by atoms with van der Waals surface area (Å²) in [5, 5.41) is 10.2. The number of Topliss-reactive ketones (excluding diaryl/α,β-unsaturated/α-hetero) is 1. The van der Waals surface area contributed by atoms with Crippen molar-refractivity contribution in [2.45, 2.75) is 13.3 Å². The fraction of sp³-hybridized carbons (Fsp3) is 0.120. The first kappa shape index (κ1) is 21.4. The smallest absolute Gasteiger partial charge is 0.336 e. The van der Waals surface area contributed by atoms with E-state index in [0.717, 1.165) is 28.6 Å². The summed E-state index contributed by atoms with van der Waals surface area (Å²) in [5.41, 5.74) is 4.02. The third kappa shape index (κ3) is 4.29. The highest BCUT2D eigenvalue weighted by Gasteiger charge is 2.24. The number of carboxylic acid groups (broad SMARTS) is 1. The summed E-state index contributed by atoms with van der Waals surface area (Å²) >= 11 is 1.06. The van der Waals surface area contributed by atoms with Crippen molar-refractivity contribution in [3.05, 3.63) is 94.6 Å². The van der Waals surface area contributed by atoms with Crippen molar-refractivity contribution in [1.82, 2.24) is 8.75 Å². The molecule has 0 saturated carbocycles. The molecule has 6 nitrogen and oxygen atoms in total. The third-order valence-electron chi connectivity index (χ3n) is 5.21. The molecule has 7 heteroatoms. The second-order valence-corrected chi connectivity index (χ2v) is 7.83. The number of benzene rings is 3. The van der Waals surface area contributed by atoms with Gasteiger partial charge in [0.25, 0.3) is 0 Å². The van der Waals surface area contributed by atoms with Crippen molar-refractivity contribution in [3.63, 3.8) is 0 Å². The summed E-state index contributed by atoms with van der Waals surface area (Å²) in [7, 11) is 1.60. The van der Waals surface area contributed by atoms with Gasteiger partial charge in [0.15, 0.2) is 5.78 Å². The van der Waals surface area contributed by atoms with Crippen LogP contribution in [0, 0.1) is 6.92 Å². The number of hydrogen-bond acceptors (Lipinski definition) is 6. The van der Waals surface area contributed by atoms with E-state index in [0.29, 0.717) is 22.2 Å². The van der Waals surface area contributed by atoms with Crippen LogP contribution in [0.5, 0.6) is 5.75 Å². The highest BCUT2D eigenvalue weighted by molar-refractivity contribution is 7.00. The molecule has 1 N–H and O–H groups in total. The normalized spacial score (nSPS) is 11.8. The Labute approximate surface area is 189 Å². The second kappa shape index (κ2) is 9.11. The maximum absolute atomic E-state index is 13.5. The number of methoxy groups -OCH3 is 1. The molecule has 0 amide bonds. The third-order valence-corrected chi connectivity index (χ3v) is 5.76. The van der Waals surface area contributed by atoms with Crippen molar-refractivity contribution < 1.29 is 19.4 Å². The number of aliphatic carboxylic acids is 1. The molecule has 0 aliphatic heterocycles. The predicted molar refractivity (Wildman–Crippen MR) is 124 cm³/mol. The molecule has 0 aliphatic carbocycles. The summed E-state index contributed by atoms with van der Waals surface area (Å²) < 4.78 is 13.7. The Hall–Kier alpha value is -3.84. The van der Waals surface area contributed by atoms with Crippen molar-refractivity contribution in [2.75, 3.05) is 7.11 Å². The molecule has 0 saturated heterocycles. The van der Waals surface area contributed by atoms with Crippen LogP contribution >= 0.6 is 11.7 Å². The first-order chi connectivity index (χ1) is 15.5. The Balaban J connectivity index is 1.90. The number of rotatable bonds is 7. The quantitative estimate of drug-likeness (QED) is 0.320. The van der Waals surface area contributed by atoms with Crippen LogP contribution in [0.25, 0.3) is 16.6 Å². The standard InChI is InChI=1S/C25H20N2O4S/c1-15-12-16(8-11-22(15)31-2)13-19(24(28)17-6-4-3-5-7-17)23(25(29)30)18-9-10-20-21(14-18)27-32-26-20/h3-12,14H,13H2,1-2H3,(H,29,30). The van der Waals surface area contributed by atoms with Crippen LogP contribution in [0.4, 0.5) is 0 Å². The van der Waals surface area contributed by atoms with Crippen LogP contribution in [-0.2, 0) is 11.2 Å². The zero-order valence-electron chi connectivity index (χ0n) is 17.5. The summed E-state index contributed by atoms with van der Waals surface area (Å²) in [6.07, 6.45) is 0.160. The largest absolute Gasteiger partial charge is 0.496 e. The van der Waals surface area contributed by atoms with E-state index in [1.807, 2.05) is 31.2 Å². The fourth-order valence-corrected chi connectivity index (χ4v) is 4.18. The average Bonchev–Trinajstić information content (AvgIpc) is 3.27. The van der Waals surface area contributed by atoms with Crippen LogP contribution in [0.15, 0.2) is 72.3 Å². The molecule has 0 atom stereocenters.